The first-order valence-electron chi connectivity index (χ1n) is 6.25. The minimum atomic E-state index is 0. The lowest BCUT2D eigenvalue weighted by atomic mass is 10.1. The molecule has 1 heterocycles. The molecule has 0 aliphatic heterocycles. The topological polar surface area (TPSA) is 21.7 Å². The number of aromatic nitrogens is 3. The number of nitrogens with zero attached hydrogens (tertiary/aromatic N) is 3. The first kappa shape index (κ1) is 14.7. The van der Waals surface area contributed by atoms with E-state index in [1.165, 1.54) is 24.0 Å². The van der Waals surface area contributed by atoms with Gasteiger partial charge in [-0.25, -0.2) is 4.57 Å². The number of benzene rings is 1. The van der Waals surface area contributed by atoms with Gasteiger partial charge in [0.05, 0.1) is 6.54 Å². The number of rotatable bonds is 5. The van der Waals surface area contributed by atoms with E-state index in [0.717, 1.165) is 13.1 Å². The second-order valence-corrected chi connectivity index (χ2v) is 4.46. The van der Waals surface area contributed by atoms with Crippen molar-refractivity contribution in [2.75, 3.05) is 0 Å². The van der Waals surface area contributed by atoms with Gasteiger partial charge in [0.2, 0.25) is 6.33 Å². The molecule has 0 saturated heterocycles. The molecular weight excluding hydrogens is 246 g/mol. The third kappa shape index (κ3) is 3.84. The summed E-state index contributed by atoms with van der Waals surface area (Å²) in [5, 5.41) is 4.36. The predicted octanol–water partition coefficient (Wildman–Crippen LogP) is -0.669. The number of hydrogen-bond donors (Lipinski definition) is 0. The van der Waals surface area contributed by atoms with Gasteiger partial charge in [0, 0.05) is 5.10 Å². The van der Waals surface area contributed by atoms with Gasteiger partial charge in [-0.3, -0.25) is 0 Å². The first-order chi connectivity index (χ1) is 8.29. The van der Waals surface area contributed by atoms with Crippen LogP contribution in [-0.2, 0) is 13.1 Å². The fourth-order valence-corrected chi connectivity index (χ4v) is 1.86. The molecule has 1 aromatic carbocycles. The fourth-order valence-electron chi connectivity index (χ4n) is 1.86. The third-order valence-corrected chi connectivity index (χ3v) is 2.98. The Morgan fingerprint density at radius 1 is 1.28 bits per heavy atom. The lowest BCUT2D eigenvalue weighted by Gasteiger charge is -2.01. The van der Waals surface area contributed by atoms with Crippen molar-refractivity contribution in [2.45, 2.75) is 39.8 Å². The molecule has 0 bridgehead atoms. The number of aryl methyl sites for hydroxylation is 2. The number of unbranched alkanes of at least 4 members (excludes halogenated alkanes) is 1. The van der Waals surface area contributed by atoms with E-state index in [-0.39, 0.29) is 12.4 Å². The smallest absolute Gasteiger partial charge is 0.265 e. The minimum Gasteiger partial charge on any atom is -1.00 e. The molecule has 0 radical (unpaired) electrons. The maximum absolute atomic E-state index is 4.36. The molecule has 0 atom stereocenters. The number of halogens is 1. The van der Waals surface area contributed by atoms with Crippen LogP contribution in [0.3, 0.4) is 0 Å². The number of hydrogen-bond acceptors (Lipinski definition) is 1. The van der Waals surface area contributed by atoms with Gasteiger partial charge >= 0.3 is 0 Å². The summed E-state index contributed by atoms with van der Waals surface area (Å²) in [5.41, 5.74) is 2.69. The molecule has 0 saturated carbocycles. The summed E-state index contributed by atoms with van der Waals surface area (Å²) in [6.45, 7) is 6.26. The Kier molecular flexibility index (Phi) is 5.86. The Balaban J connectivity index is 0.00000162. The Bertz CT molecular complexity index is 479. The zero-order chi connectivity index (χ0) is 12.1. The lowest BCUT2D eigenvalue weighted by Crippen LogP contribution is -3.00. The van der Waals surface area contributed by atoms with Crippen LogP contribution in [0.5, 0.6) is 0 Å². The van der Waals surface area contributed by atoms with E-state index in [2.05, 4.69) is 54.1 Å². The van der Waals surface area contributed by atoms with Crippen molar-refractivity contribution in [2.24, 2.45) is 0 Å². The summed E-state index contributed by atoms with van der Waals surface area (Å²) >= 11 is 0. The normalized spacial score (nSPS) is 10.1. The molecule has 0 aliphatic rings. The van der Waals surface area contributed by atoms with E-state index >= 15 is 0 Å². The van der Waals surface area contributed by atoms with Crippen LogP contribution in [0.2, 0.25) is 0 Å². The van der Waals surface area contributed by atoms with Crippen LogP contribution in [0.1, 0.15) is 30.9 Å². The van der Waals surface area contributed by atoms with Crippen molar-refractivity contribution in [3.8, 4) is 0 Å². The average molecular weight is 266 g/mol. The van der Waals surface area contributed by atoms with Crippen molar-refractivity contribution in [1.29, 1.82) is 0 Å². The minimum absolute atomic E-state index is 0. The highest BCUT2D eigenvalue weighted by Crippen LogP contribution is 2.05. The Morgan fingerprint density at radius 2 is 2.06 bits per heavy atom. The zero-order valence-corrected chi connectivity index (χ0v) is 11.8. The predicted molar refractivity (Wildman–Crippen MR) is 67.6 cm³/mol. The van der Waals surface area contributed by atoms with E-state index in [4.69, 9.17) is 0 Å². The molecule has 0 N–H and O–H groups in total. The summed E-state index contributed by atoms with van der Waals surface area (Å²) in [4.78, 5) is 0. The van der Waals surface area contributed by atoms with E-state index in [1.807, 2.05) is 11.0 Å². The van der Waals surface area contributed by atoms with Crippen molar-refractivity contribution in [3.05, 3.63) is 48.0 Å². The molecule has 2 rings (SSSR count). The van der Waals surface area contributed by atoms with Gasteiger partial charge in [-0.2, -0.15) is 0 Å². The highest BCUT2D eigenvalue weighted by atomic mass is 35.5. The summed E-state index contributed by atoms with van der Waals surface area (Å²) in [5.74, 6) is 0. The molecule has 0 aliphatic carbocycles. The van der Waals surface area contributed by atoms with Crippen LogP contribution in [0.25, 0.3) is 0 Å². The van der Waals surface area contributed by atoms with Crippen molar-refractivity contribution < 1.29 is 17.0 Å². The summed E-state index contributed by atoms with van der Waals surface area (Å²) in [6.07, 6.45) is 6.38. The summed E-state index contributed by atoms with van der Waals surface area (Å²) < 4.78 is 4.15. The summed E-state index contributed by atoms with van der Waals surface area (Å²) in [7, 11) is 0. The van der Waals surface area contributed by atoms with E-state index in [1.54, 1.807) is 0 Å². The largest absolute Gasteiger partial charge is 1.00 e. The van der Waals surface area contributed by atoms with E-state index < -0.39 is 0 Å². The third-order valence-electron chi connectivity index (χ3n) is 2.98. The summed E-state index contributed by atoms with van der Waals surface area (Å²) in [6, 6.07) is 8.49. The van der Waals surface area contributed by atoms with Gasteiger partial charge in [0.15, 0.2) is 0 Å². The molecule has 2 aromatic rings. The molecule has 0 amide bonds. The van der Waals surface area contributed by atoms with Gasteiger partial charge in [0.25, 0.3) is 6.33 Å². The SMILES string of the molecule is CCCCn1c[n+](Cc2ccccc2C)cn1.[Cl-]. The monoisotopic (exact) mass is 265 g/mol. The van der Waals surface area contributed by atoms with Gasteiger partial charge in [0.1, 0.15) is 6.54 Å². The van der Waals surface area contributed by atoms with Crippen molar-refractivity contribution in [1.82, 2.24) is 9.78 Å². The maximum Gasteiger partial charge on any atom is 0.265 e. The highest BCUT2D eigenvalue weighted by Gasteiger charge is 2.06. The Hall–Kier alpha value is -1.35. The van der Waals surface area contributed by atoms with Gasteiger partial charge < -0.3 is 12.4 Å². The van der Waals surface area contributed by atoms with E-state index in [9.17, 15) is 0 Å². The zero-order valence-electron chi connectivity index (χ0n) is 11.0. The molecule has 98 valence electrons. The standard InChI is InChI=1S/C14H20N3.ClH/c1-3-4-9-17-12-16(11-15-17)10-14-8-6-5-7-13(14)2;/h5-8,11-12H,3-4,9-10H2,1-2H3;1H/q+1;/p-1. The van der Waals surface area contributed by atoms with Gasteiger partial charge in [-0.1, -0.05) is 37.6 Å². The van der Waals surface area contributed by atoms with E-state index in [0.29, 0.717) is 0 Å². The lowest BCUT2D eigenvalue weighted by molar-refractivity contribution is -0.689. The quantitative estimate of drug-likeness (QED) is 0.658. The van der Waals surface area contributed by atoms with Crippen molar-refractivity contribution in [3.63, 3.8) is 0 Å². The van der Waals surface area contributed by atoms with Crippen LogP contribution in [0, 0.1) is 6.92 Å². The van der Waals surface area contributed by atoms with Crippen molar-refractivity contribution >= 4 is 0 Å². The molecular formula is C14H20ClN3. The van der Waals surface area contributed by atoms with Crippen LogP contribution < -0.4 is 17.0 Å². The van der Waals surface area contributed by atoms with Crippen LogP contribution in [0.4, 0.5) is 0 Å². The van der Waals surface area contributed by atoms with Crippen LogP contribution >= 0.6 is 0 Å². The average Bonchev–Trinajstić information content (AvgIpc) is 2.77. The first-order valence-corrected chi connectivity index (χ1v) is 6.25. The van der Waals surface area contributed by atoms with Gasteiger partial charge in [-0.05, 0) is 24.5 Å². The Labute approximate surface area is 115 Å². The molecule has 0 unspecified atom stereocenters. The maximum atomic E-state index is 4.36. The molecule has 0 spiro atoms. The van der Waals surface area contributed by atoms with Gasteiger partial charge in [-0.15, -0.1) is 4.68 Å². The second kappa shape index (κ2) is 7.17. The molecule has 3 nitrogen and oxygen atoms in total. The molecule has 4 heteroatoms. The fraction of sp³-hybridized carbons (Fsp3) is 0.429. The van der Waals surface area contributed by atoms with Crippen LogP contribution in [0.15, 0.2) is 36.9 Å². The molecule has 18 heavy (non-hydrogen) atoms. The van der Waals surface area contributed by atoms with Crippen LogP contribution in [-0.4, -0.2) is 9.78 Å². The molecule has 0 fully saturated rings. The molecule has 1 aromatic heterocycles. The highest BCUT2D eigenvalue weighted by molar-refractivity contribution is 5.24. The second-order valence-electron chi connectivity index (χ2n) is 4.46. The Morgan fingerprint density at radius 3 is 2.78 bits per heavy atom.